The highest BCUT2D eigenvalue weighted by atomic mass is 32.2. The number of nitrogens with one attached hydrogen (secondary N) is 1. The molecular formula is C21H32N4O3S2. The number of thioether (sulfide) groups is 1. The first-order valence-corrected chi connectivity index (χ1v) is 13.0. The number of aryl methyl sites for hydroxylation is 1. The molecule has 1 saturated carbocycles. The number of hydrogen-bond donors (Lipinski definition) is 2. The SMILES string of the molecule is CCCn1c(SC(C)C(=O)NC2CCCC(C)C2C)nc2cc(S(N)(=O)=O)ccc21. The zero-order chi connectivity index (χ0) is 22.1. The summed E-state index contributed by atoms with van der Waals surface area (Å²) in [5.74, 6) is 1.11. The molecule has 4 atom stereocenters. The summed E-state index contributed by atoms with van der Waals surface area (Å²) < 4.78 is 25.4. The van der Waals surface area contributed by atoms with Gasteiger partial charge in [-0.15, -0.1) is 0 Å². The van der Waals surface area contributed by atoms with Crippen LogP contribution < -0.4 is 10.5 Å². The predicted octanol–water partition coefficient (Wildman–Crippen LogP) is 3.52. The standard InChI is InChI=1S/C21H32N4O3S2/c1-5-11-25-19-10-9-16(30(22,27)28)12-18(19)24-21(25)29-15(4)20(26)23-17-8-6-7-13(2)14(17)3/h9-10,12-15,17H,5-8,11H2,1-4H3,(H,23,26)(H2,22,27,28). The Morgan fingerprint density at radius 3 is 2.77 bits per heavy atom. The average Bonchev–Trinajstić information content (AvgIpc) is 3.01. The third-order valence-corrected chi connectivity index (χ3v) is 8.15. The molecule has 1 heterocycles. The fourth-order valence-electron chi connectivity index (χ4n) is 4.09. The van der Waals surface area contributed by atoms with Gasteiger partial charge in [-0.3, -0.25) is 4.79 Å². The second-order valence-corrected chi connectivity index (χ2v) is 11.3. The van der Waals surface area contributed by atoms with Crippen molar-refractivity contribution >= 4 is 38.7 Å². The summed E-state index contributed by atoms with van der Waals surface area (Å²) in [6, 6.07) is 4.95. The van der Waals surface area contributed by atoms with E-state index >= 15 is 0 Å². The van der Waals surface area contributed by atoms with E-state index in [1.807, 2.05) is 11.5 Å². The fourth-order valence-corrected chi connectivity index (χ4v) is 5.58. The average molecular weight is 453 g/mol. The van der Waals surface area contributed by atoms with Crippen LogP contribution in [0.2, 0.25) is 0 Å². The monoisotopic (exact) mass is 452 g/mol. The van der Waals surface area contributed by atoms with Crippen LogP contribution in [0.1, 0.15) is 53.4 Å². The van der Waals surface area contributed by atoms with Gasteiger partial charge in [-0.05, 0) is 49.8 Å². The Bertz CT molecular complexity index is 1020. The maximum atomic E-state index is 12.9. The topological polar surface area (TPSA) is 107 Å². The van der Waals surface area contributed by atoms with Crippen molar-refractivity contribution < 1.29 is 13.2 Å². The molecule has 1 aliphatic rings. The van der Waals surface area contributed by atoms with Crippen molar-refractivity contribution in [2.24, 2.45) is 17.0 Å². The molecule has 1 aromatic carbocycles. The molecule has 7 nitrogen and oxygen atoms in total. The first kappa shape index (κ1) is 23.1. The lowest BCUT2D eigenvalue weighted by Gasteiger charge is -2.35. The van der Waals surface area contributed by atoms with Gasteiger partial charge in [0.05, 0.1) is 21.2 Å². The van der Waals surface area contributed by atoms with Crippen LogP contribution in [0, 0.1) is 11.8 Å². The zero-order valence-electron chi connectivity index (χ0n) is 18.1. The van der Waals surface area contributed by atoms with E-state index in [2.05, 4.69) is 31.1 Å². The van der Waals surface area contributed by atoms with Crippen molar-refractivity contribution in [1.29, 1.82) is 0 Å². The van der Waals surface area contributed by atoms with Crippen molar-refractivity contribution in [2.75, 3.05) is 0 Å². The molecule has 0 radical (unpaired) electrons. The lowest BCUT2D eigenvalue weighted by atomic mass is 9.78. The highest BCUT2D eigenvalue weighted by Crippen LogP contribution is 2.31. The van der Waals surface area contributed by atoms with Gasteiger partial charge < -0.3 is 9.88 Å². The summed E-state index contributed by atoms with van der Waals surface area (Å²) in [7, 11) is -3.79. The molecule has 0 aliphatic heterocycles. The molecule has 1 fully saturated rings. The first-order valence-electron chi connectivity index (χ1n) is 10.6. The molecule has 1 aromatic heterocycles. The lowest BCUT2D eigenvalue weighted by Crippen LogP contribution is -2.46. The second-order valence-electron chi connectivity index (χ2n) is 8.38. The van der Waals surface area contributed by atoms with E-state index in [9.17, 15) is 13.2 Å². The van der Waals surface area contributed by atoms with Gasteiger partial charge in [-0.1, -0.05) is 45.4 Å². The number of hydrogen-bond acceptors (Lipinski definition) is 5. The Balaban J connectivity index is 1.81. The number of imidazole rings is 1. The fraction of sp³-hybridized carbons (Fsp3) is 0.619. The molecule has 0 bridgehead atoms. The van der Waals surface area contributed by atoms with E-state index in [1.54, 1.807) is 6.07 Å². The number of nitrogens with zero attached hydrogens (tertiary/aromatic N) is 2. The van der Waals surface area contributed by atoms with Crippen molar-refractivity contribution in [3.63, 3.8) is 0 Å². The van der Waals surface area contributed by atoms with Crippen molar-refractivity contribution in [3.05, 3.63) is 18.2 Å². The van der Waals surface area contributed by atoms with Crippen LogP contribution in [0.5, 0.6) is 0 Å². The summed E-state index contributed by atoms with van der Waals surface area (Å²) in [6.07, 6.45) is 4.30. The van der Waals surface area contributed by atoms with Crippen LogP contribution in [0.15, 0.2) is 28.3 Å². The van der Waals surface area contributed by atoms with Gasteiger partial charge in [0.25, 0.3) is 0 Å². The molecule has 1 amide bonds. The molecular weight excluding hydrogens is 420 g/mol. The maximum absolute atomic E-state index is 12.9. The van der Waals surface area contributed by atoms with Crippen molar-refractivity contribution in [1.82, 2.24) is 14.9 Å². The van der Waals surface area contributed by atoms with Crippen LogP contribution in [0.25, 0.3) is 11.0 Å². The smallest absolute Gasteiger partial charge is 0.238 e. The summed E-state index contributed by atoms with van der Waals surface area (Å²) in [6.45, 7) is 9.17. The number of fused-ring (bicyclic) bond motifs is 1. The number of aromatic nitrogens is 2. The number of nitrogens with two attached hydrogens (primary N) is 1. The van der Waals surface area contributed by atoms with Gasteiger partial charge in [0.1, 0.15) is 0 Å². The number of benzene rings is 1. The second kappa shape index (κ2) is 9.28. The number of sulfonamides is 1. The number of carbonyl (C=O) groups is 1. The molecule has 2 aromatic rings. The van der Waals surface area contributed by atoms with Gasteiger partial charge in [-0.2, -0.15) is 0 Å². The third-order valence-electron chi connectivity index (χ3n) is 6.15. The highest BCUT2D eigenvalue weighted by Gasteiger charge is 2.30. The Kier molecular flexibility index (Phi) is 7.14. The van der Waals surface area contributed by atoms with Crippen LogP contribution >= 0.6 is 11.8 Å². The normalized spacial score (nSPS) is 23.4. The van der Waals surface area contributed by atoms with Crippen molar-refractivity contribution in [2.45, 2.75) is 81.3 Å². The molecule has 0 spiro atoms. The highest BCUT2D eigenvalue weighted by molar-refractivity contribution is 8.00. The minimum Gasteiger partial charge on any atom is -0.352 e. The number of primary sulfonamides is 1. The third kappa shape index (κ3) is 5.00. The van der Waals surface area contributed by atoms with E-state index < -0.39 is 10.0 Å². The quantitative estimate of drug-likeness (QED) is 0.625. The van der Waals surface area contributed by atoms with Gasteiger partial charge in [0.15, 0.2) is 5.16 Å². The summed E-state index contributed by atoms with van der Waals surface area (Å²) in [5.41, 5.74) is 1.41. The lowest BCUT2D eigenvalue weighted by molar-refractivity contribution is -0.121. The molecule has 1 aliphatic carbocycles. The molecule has 4 unspecified atom stereocenters. The number of carbonyl (C=O) groups excluding carboxylic acids is 1. The summed E-state index contributed by atoms with van der Waals surface area (Å²) >= 11 is 1.41. The molecule has 3 N–H and O–H groups in total. The Morgan fingerprint density at radius 2 is 2.10 bits per heavy atom. The molecule has 0 saturated heterocycles. The van der Waals surface area contributed by atoms with Gasteiger partial charge in [0.2, 0.25) is 15.9 Å². The number of amides is 1. The van der Waals surface area contributed by atoms with E-state index in [1.165, 1.54) is 30.3 Å². The minimum absolute atomic E-state index is 0.0197. The summed E-state index contributed by atoms with van der Waals surface area (Å²) in [4.78, 5) is 17.5. The minimum atomic E-state index is -3.79. The Morgan fingerprint density at radius 1 is 1.37 bits per heavy atom. The molecule has 3 rings (SSSR count). The van der Waals surface area contributed by atoms with Crippen LogP contribution in [0.3, 0.4) is 0 Å². The Labute approximate surface area is 183 Å². The van der Waals surface area contributed by atoms with E-state index in [0.717, 1.165) is 31.3 Å². The van der Waals surface area contributed by atoms with E-state index in [4.69, 9.17) is 5.14 Å². The Hall–Kier alpha value is -1.58. The largest absolute Gasteiger partial charge is 0.352 e. The van der Waals surface area contributed by atoms with Crippen molar-refractivity contribution in [3.8, 4) is 0 Å². The predicted molar refractivity (Wildman–Crippen MR) is 121 cm³/mol. The zero-order valence-corrected chi connectivity index (χ0v) is 19.7. The maximum Gasteiger partial charge on any atom is 0.238 e. The molecule has 30 heavy (non-hydrogen) atoms. The van der Waals surface area contributed by atoms with Crippen LogP contribution in [-0.2, 0) is 21.4 Å². The summed E-state index contributed by atoms with van der Waals surface area (Å²) in [5, 5.41) is 8.91. The van der Waals surface area contributed by atoms with Gasteiger partial charge in [-0.25, -0.2) is 18.5 Å². The molecule has 9 heteroatoms. The van der Waals surface area contributed by atoms with E-state index in [-0.39, 0.29) is 22.1 Å². The van der Waals surface area contributed by atoms with E-state index in [0.29, 0.717) is 22.5 Å². The number of rotatable bonds is 7. The first-order chi connectivity index (χ1) is 14.1. The van der Waals surface area contributed by atoms with Crippen LogP contribution in [0.4, 0.5) is 0 Å². The van der Waals surface area contributed by atoms with Gasteiger partial charge in [0, 0.05) is 12.6 Å². The van der Waals surface area contributed by atoms with Gasteiger partial charge >= 0.3 is 0 Å². The van der Waals surface area contributed by atoms with Crippen LogP contribution in [-0.4, -0.2) is 35.2 Å². The molecule has 166 valence electrons.